The van der Waals surface area contributed by atoms with Crippen LogP contribution in [0.5, 0.6) is 0 Å². The molecule has 1 fully saturated rings. The molecule has 0 N–H and O–H groups in total. The fourth-order valence-electron chi connectivity index (χ4n) is 5.89. The second-order valence-corrected chi connectivity index (χ2v) is 10.9. The zero-order valence-electron chi connectivity index (χ0n) is 21.1. The van der Waals surface area contributed by atoms with Crippen molar-refractivity contribution < 1.29 is 17.9 Å². The summed E-state index contributed by atoms with van der Waals surface area (Å²) in [5.41, 5.74) is 3.94. The van der Waals surface area contributed by atoms with Gasteiger partial charge in [0.25, 0.3) is 0 Å². The molecule has 1 aromatic carbocycles. The fraction of sp³-hybridized carbons (Fsp3) is 0.538. The average Bonchev–Trinajstić information content (AvgIpc) is 3.51. The van der Waals surface area contributed by atoms with Gasteiger partial charge in [-0.15, -0.1) is 0 Å². The summed E-state index contributed by atoms with van der Waals surface area (Å²) in [6, 6.07) is 3.32. The molecule has 3 aliphatic heterocycles. The van der Waals surface area contributed by atoms with E-state index in [9.17, 15) is 13.2 Å². The Bertz CT molecular complexity index is 1300. The van der Waals surface area contributed by atoms with E-state index in [0.29, 0.717) is 31.0 Å². The first-order chi connectivity index (χ1) is 17.8. The number of hydrogen-bond acceptors (Lipinski definition) is 6. The molecule has 3 aliphatic rings. The van der Waals surface area contributed by atoms with Gasteiger partial charge in [0.05, 0.1) is 17.8 Å². The molecule has 11 heteroatoms. The van der Waals surface area contributed by atoms with Gasteiger partial charge in [0.1, 0.15) is 0 Å². The molecule has 37 heavy (non-hydrogen) atoms. The molecule has 3 aromatic rings. The zero-order chi connectivity index (χ0) is 25.7. The van der Waals surface area contributed by atoms with Crippen LogP contribution in [-0.2, 0) is 37.3 Å². The monoisotopic (exact) mass is 532 g/mol. The van der Waals surface area contributed by atoms with Crippen LogP contribution in [0.4, 0.5) is 24.7 Å². The van der Waals surface area contributed by atoms with Crippen LogP contribution in [0.25, 0.3) is 11.1 Å². The van der Waals surface area contributed by atoms with Crippen LogP contribution in [0.2, 0.25) is 0 Å². The highest BCUT2D eigenvalue weighted by molar-refractivity contribution is 7.96. The summed E-state index contributed by atoms with van der Waals surface area (Å²) in [7, 11) is 1.71. The number of nitrogens with zero attached hydrogens (tertiary/aromatic N) is 6. The van der Waals surface area contributed by atoms with Crippen LogP contribution in [0, 0.1) is 0 Å². The Morgan fingerprint density at radius 3 is 2.62 bits per heavy atom. The van der Waals surface area contributed by atoms with Crippen molar-refractivity contribution >= 4 is 23.5 Å². The maximum atomic E-state index is 14.4. The van der Waals surface area contributed by atoms with Crippen LogP contribution in [0.3, 0.4) is 0 Å². The van der Waals surface area contributed by atoms with Gasteiger partial charge in [-0.2, -0.15) is 23.4 Å². The normalized spacial score (nSPS) is 19.2. The fourth-order valence-corrected chi connectivity index (χ4v) is 6.43. The molecule has 7 nitrogen and oxygen atoms in total. The van der Waals surface area contributed by atoms with E-state index in [2.05, 4.69) is 20.3 Å². The van der Waals surface area contributed by atoms with E-state index in [-0.39, 0.29) is 11.6 Å². The van der Waals surface area contributed by atoms with E-state index in [1.807, 2.05) is 4.90 Å². The van der Waals surface area contributed by atoms with Crippen molar-refractivity contribution in [3.63, 3.8) is 0 Å². The van der Waals surface area contributed by atoms with Crippen molar-refractivity contribution in [3.05, 3.63) is 46.9 Å². The number of ether oxygens (including phenoxy) is 1. The lowest BCUT2D eigenvalue weighted by molar-refractivity contribution is -0.137. The maximum Gasteiger partial charge on any atom is 0.417 e. The average molecular weight is 533 g/mol. The smallest absolute Gasteiger partial charge is 0.381 e. The van der Waals surface area contributed by atoms with Crippen LogP contribution in [0.15, 0.2) is 24.5 Å². The first kappa shape index (κ1) is 24.8. The number of hydrogen-bond donors (Lipinski definition) is 0. The van der Waals surface area contributed by atoms with E-state index in [1.54, 1.807) is 31.3 Å². The van der Waals surface area contributed by atoms with Gasteiger partial charge < -0.3 is 9.64 Å². The molecule has 0 spiro atoms. The molecule has 6 rings (SSSR count). The molecule has 0 aliphatic carbocycles. The number of alkyl halides is 3. The molecule has 198 valence electrons. The Kier molecular flexibility index (Phi) is 6.48. The molecule has 5 heterocycles. The van der Waals surface area contributed by atoms with Gasteiger partial charge in [-0.25, -0.2) is 4.31 Å². The van der Waals surface area contributed by atoms with Gasteiger partial charge in [-0.3, -0.25) is 9.36 Å². The van der Waals surface area contributed by atoms with Crippen molar-refractivity contribution in [1.29, 1.82) is 0 Å². The number of fused-ring (bicyclic) bond motifs is 2. The number of rotatable bonds is 4. The van der Waals surface area contributed by atoms with Crippen molar-refractivity contribution in [3.8, 4) is 11.1 Å². The summed E-state index contributed by atoms with van der Waals surface area (Å²) in [6.45, 7) is 3.74. The standard InChI is InChI=1S/C26H31F3N6OS/c1-32-15-18(14-30-32)20-12-17-4-3-8-34(24(17)13-22(20)26(27,28)29)25-21-16-33(37-2)9-5-23(21)35(31-25)19-6-10-36-11-7-19/h12-15,19H,3-11,16H2,1-2H3. The summed E-state index contributed by atoms with van der Waals surface area (Å²) < 4.78 is 54.7. The Morgan fingerprint density at radius 2 is 1.92 bits per heavy atom. The summed E-state index contributed by atoms with van der Waals surface area (Å²) in [5, 5.41) is 9.25. The minimum atomic E-state index is -4.49. The maximum absolute atomic E-state index is 14.4. The molecule has 0 bridgehead atoms. The predicted molar refractivity (Wildman–Crippen MR) is 138 cm³/mol. The molecule has 2 aromatic heterocycles. The molecule has 0 unspecified atom stereocenters. The Balaban J connectivity index is 1.48. The SMILES string of the molecule is CSN1CCc2c(c(N3CCCc4cc(-c5cnn(C)c5)c(C(F)(F)F)cc43)nn2C2CCOCC2)C1. The lowest BCUT2D eigenvalue weighted by Crippen LogP contribution is -2.29. The van der Waals surface area contributed by atoms with Crippen LogP contribution < -0.4 is 4.90 Å². The van der Waals surface area contributed by atoms with E-state index in [1.165, 1.54) is 22.6 Å². The Labute approximate surface area is 218 Å². The highest BCUT2D eigenvalue weighted by Gasteiger charge is 2.38. The second-order valence-electron chi connectivity index (χ2n) is 10.0. The zero-order valence-corrected chi connectivity index (χ0v) is 21.9. The van der Waals surface area contributed by atoms with E-state index < -0.39 is 11.7 Å². The van der Waals surface area contributed by atoms with Gasteiger partial charge in [-0.05, 0) is 55.2 Å². The topological polar surface area (TPSA) is 51.3 Å². The van der Waals surface area contributed by atoms with Gasteiger partial charge in [0, 0.05) is 75.0 Å². The summed E-state index contributed by atoms with van der Waals surface area (Å²) in [4.78, 5) is 2.04. The van der Waals surface area contributed by atoms with Crippen molar-refractivity contribution in [2.75, 3.05) is 37.5 Å². The van der Waals surface area contributed by atoms with Crippen molar-refractivity contribution in [1.82, 2.24) is 23.9 Å². The Hall–Kier alpha value is -2.50. The first-order valence-corrected chi connectivity index (χ1v) is 14.0. The van der Waals surface area contributed by atoms with Crippen LogP contribution in [-0.4, -0.2) is 56.4 Å². The molecule has 0 saturated carbocycles. The molecular formula is C26H31F3N6OS. The number of halogens is 3. The van der Waals surface area contributed by atoms with Crippen molar-refractivity contribution in [2.45, 2.75) is 50.9 Å². The van der Waals surface area contributed by atoms with Crippen LogP contribution >= 0.6 is 11.9 Å². The highest BCUT2D eigenvalue weighted by atomic mass is 32.2. The molecular weight excluding hydrogens is 501 g/mol. The predicted octanol–water partition coefficient (Wildman–Crippen LogP) is 5.37. The molecule has 0 radical (unpaired) electrons. The van der Waals surface area contributed by atoms with Gasteiger partial charge in [0.2, 0.25) is 0 Å². The summed E-state index contributed by atoms with van der Waals surface area (Å²) >= 11 is 1.70. The number of anilines is 2. The second kappa shape index (κ2) is 9.67. The minimum absolute atomic E-state index is 0.185. The molecule has 1 saturated heterocycles. The lowest BCUT2D eigenvalue weighted by atomic mass is 9.92. The van der Waals surface area contributed by atoms with Gasteiger partial charge in [0.15, 0.2) is 5.82 Å². The van der Waals surface area contributed by atoms with E-state index in [0.717, 1.165) is 62.1 Å². The third-order valence-electron chi connectivity index (χ3n) is 7.74. The number of benzene rings is 1. The first-order valence-electron chi connectivity index (χ1n) is 12.8. The number of aromatic nitrogens is 4. The third-order valence-corrected chi connectivity index (χ3v) is 8.57. The quantitative estimate of drug-likeness (QED) is 0.421. The van der Waals surface area contributed by atoms with Gasteiger partial charge in [-0.1, -0.05) is 11.9 Å². The van der Waals surface area contributed by atoms with Crippen LogP contribution in [0.1, 0.15) is 47.7 Å². The molecule has 0 amide bonds. The van der Waals surface area contributed by atoms with E-state index in [4.69, 9.17) is 9.84 Å². The number of aryl methyl sites for hydroxylation is 2. The molecule has 0 atom stereocenters. The lowest BCUT2D eigenvalue weighted by Gasteiger charge is -2.33. The van der Waals surface area contributed by atoms with Gasteiger partial charge >= 0.3 is 6.18 Å². The minimum Gasteiger partial charge on any atom is -0.381 e. The third kappa shape index (κ3) is 4.55. The summed E-state index contributed by atoms with van der Waals surface area (Å²) in [6.07, 6.45) is 5.01. The highest BCUT2D eigenvalue weighted by Crippen LogP contribution is 2.45. The largest absolute Gasteiger partial charge is 0.417 e. The van der Waals surface area contributed by atoms with Crippen molar-refractivity contribution in [2.24, 2.45) is 7.05 Å². The Morgan fingerprint density at radius 1 is 1.11 bits per heavy atom. The summed E-state index contributed by atoms with van der Waals surface area (Å²) in [5.74, 6) is 0.809. The van der Waals surface area contributed by atoms with E-state index >= 15 is 0 Å².